The monoisotopic (exact) mass is 366 g/mol. The first-order chi connectivity index (χ1) is 13.1. The van der Waals surface area contributed by atoms with E-state index in [2.05, 4.69) is 15.3 Å². The van der Waals surface area contributed by atoms with Gasteiger partial charge in [-0.05, 0) is 50.1 Å². The highest BCUT2D eigenvalue weighted by Gasteiger charge is 2.27. The maximum absolute atomic E-state index is 12.5. The van der Waals surface area contributed by atoms with E-state index in [1.165, 1.54) is 16.8 Å². The number of anilines is 1. The lowest BCUT2D eigenvalue weighted by molar-refractivity contribution is 0.102. The molecule has 1 aliphatic carbocycles. The van der Waals surface area contributed by atoms with Crippen molar-refractivity contribution in [2.75, 3.05) is 11.9 Å². The van der Waals surface area contributed by atoms with Crippen LogP contribution in [0.3, 0.4) is 0 Å². The maximum atomic E-state index is 12.5. The minimum atomic E-state index is -0.546. The Morgan fingerprint density at radius 1 is 1.30 bits per heavy atom. The molecule has 0 unspecified atom stereocenters. The van der Waals surface area contributed by atoms with E-state index in [-0.39, 0.29) is 17.0 Å². The number of carbonyl (C=O) groups excluding carboxylic acids is 1. The van der Waals surface area contributed by atoms with E-state index in [9.17, 15) is 14.4 Å². The SMILES string of the molecule is CCOc1ccc(NC(=O)c2cnc3c(c2)c(=O)[nH]c(=O)n3C2CC2)cc1. The molecule has 1 aliphatic rings. The first kappa shape index (κ1) is 17.0. The number of amides is 1. The molecule has 0 saturated heterocycles. The Labute approximate surface area is 153 Å². The number of hydrogen-bond donors (Lipinski definition) is 2. The Hall–Kier alpha value is -3.42. The largest absolute Gasteiger partial charge is 0.494 e. The van der Waals surface area contributed by atoms with Gasteiger partial charge >= 0.3 is 5.69 Å². The Morgan fingerprint density at radius 3 is 2.70 bits per heavy atom. The van der Waals surface area contributed by atoms with Gasteiger partial charge in [0, 0.05) is 17.9 Å². The topological polar surface area (TPSA) is 106 Å². The quantitative estimate of drug-likeness (QED) is 0.719. The van der Waals surface area contributed by atoms with Crippen LogP contribution in [0.15, 0.2) is 46.1 Å². The van der Waals surface area contributed by atoms with Crippen LogP contribution in [0.5, 0.6) is 5.75 Å². The molecule has 1 saturated carbocycles. The highest BCUT2D eigenvalue weighted by atomic mass is 16.5. The number of nitrogens with zero attached hydrogens (tertiary/aromatic N) is 2. The van der Waals surface area contributed by atoms with Crippen LogP contribution < -0.4 is 21.3 Å². The highest BCUT2D eigenvalue weighted by molar-refractivity contribution is 6.05. The molecule has 0 radical (unpaired) electrons. The molecule has 138 valence electrons. The minimum absolute atomic E-state index is 0.0629. The van der Waals surface area contributed by atoms with Crippen LogP contribution in [0.1, 0.15) is 36.2 Å². The number of hydrogen-bond acceptors (Lipinski definition) is 5. The van der Waals surface area contributed by atoms with Crippen molar-refractivity contribution in [3.63, 3.8) is 0 Å². The molecule has 0 atom stereocenters. The molecule has 1 amide bonds. The van der Waals surface area contributed by atoms with Gasteiger partial charge in [0.15, 0.2) is 0 Å². The summed E-state index contributed by atoms with van der Waals surface area (Å²) in [5.41, 5.74) is 0.136. The Morgan fingerprint density at radius 2 is 2.04 bits per heavy atom. The maximum Gasteiger partial charge on any atom is 0.330 e. The van der Waals surface area contributed by atoms with Gasteiger partial charge in [-0.3, -0.25) is 19.1 Å². The summed E-state index contributed by atoms with van der Waals surface area (Å²) in [6.07, 6.45) is 3.13. The number of benzene rings is 1. The van der Waals surface area contributed by atoms with E-state index in [1.807, 2.05) is 6.92 Å². The zero-order valence-electron chi connectivity index (χ0n) is 14.7. The van der Waals surface area contributed by atoms with Crippen LogP contribution in [0, 0.1) is 0 Å². The van der Waals surface area contributed by atoms with Gasteiger partial charge in [0.05, 0.1) is 17.6 Å². The third-order valence-corrected chi connectivity index (χ3v) is 4.38. The molecule has 0 bridgehead atoms. The van der Waals surface area contributed by atoms with Crippen molar-refractivity contribution < 1.29 is 9.53 Å². The first-order valence-electron chi connectivity index (χ1n) is 8.75. The van der Waals surface area contributed by atoms with E-state index in [4.69, 9.17) is 4.74 Å². The van der Waals surface area contributed by atoms with Gasteiger partial charge in [0.1, 0.15) is 11.4 Å². The normalized spacial score (nSPS) is 13.5. The number of aromatic nitrogens is 3. The fourth-order valence-corrected chi connectivity index (χ4v) is 2.94. The van der Waals surface area contributed by atoms with Gasteiger partial charge in [-0.1, -0.05) is 0 Å². The van der Waals surface area contributed by atoms with Crippen LogP contribution in [-0.4, -0.2) is 27.0 Å². The van der Waals surface area contributed by atoms with Crippen molar-refractivity contribution in [1.29, 1.82) is 0 Å². The van der Waals surface area contributed by atoms with Crippen molar-refractivity contribution >= 4 is 22.6 Å². The van der Waals surface area contributed by atoms with Crippen LogP contribution in [0.25, 0.3) is 11.0 Å². The third-order valence-electron chi connectivity index (χ3n) is 4.38. The number of pyridine rings is 1. The van der Waals surface area contributed by atoms with Crippen molar-refractivity contribution in [3.8, 4) is 5.75 Å². The number of nitrogens with one attached hydrogen (secondary N) is 2. The molecule has 8 heteroatoms. The lowest BCUT2D eigenvalue weighted by Crippen LogP contribution is -2.30. The number of rotatable bonds is 5. The molecule has 0 aliphatic heterocycles. The fourth-order valence-electron chi connectivity index (χ4n) is 2.94. The van der Waals surface area contributed by atoms with E-state index in [0.717, 1.165) is 12.8 Å². The summed E-state index contributed by atoms with van der Waals surface area (Å²) in [4.78, 5) is 43.3. The summed E-state index contributed by atoms with van der Waals surface area (Å²) >= 11 is 0. The first-order valence-corrected chi connectivity index (χ1v) is 8.75. The number of ether oxygens (including phenoxy) is 1. The second-order valence-corrected chi connectivity index (χ2v) is 6.37. The standard InChI is InChI=1S/C19H18N4O4/c1-2-27-14-7-3-12(4-8-14)21-17(24)11-9-15-16(20-10-11)23(13-5-6-13)19(26)22-18(15)25/h3-4,7-10,13H,2,5-6H2,1H3,(H,21,24)(H,22,25,26). The number of fused-ring (bicyclic) bond motifs is 1. The summed E-state index contributed by atoms with van der Waals surface area (Å²) in [6.45, 7) is 2.46. The highest BCUT2D eigenvalue weighted by Crippen LogP contribution is 2.34. The molecular formula is C19H18N4O4. The molecule has 2 aromatic heterocycles. The number of H-pyrrole nitrogens is 1. The van der Waals surface area contributed by atoms with Gasteiger partial charge in [-0.2, -0.15) is 0 Å². The molecule has 2 N–H and O–H groups in total. The summed E-state index contributed by atoms with van der Waals surface area (Å²) < 4.78 is 6.86. The van der Waals surface area contributed by atoms with E-state index >= 15 is 0 Å². The van der Waals surface area contributed by atoms with Crippen LogP contribution in [0.4, 0.5) is 5.69 Å². The Kier molecular flexibility index (Phi) is 4.23. The van der Waals surface area contributed by atoms with Crippen molar-refractivity contribution in [2.24, 2.45) is 0 Å². The molecule has 1 aromatic carbocycles. The van der Waals surface area contributed by atoms with E-state index in [1.54, 1.807) is 24.3 Å². The lowest BCUT2D eigenvalue weighted by Gasteiger charge is -2.09. The number of carbonyl (C=O) groups is 1. The van der Waals surface area contributed by atoms with Crippen LogP contribution >= 0.6 is 0 Å². The van der Waals surface area contributed by atoms with Crippen molar-refractivity contribution in [3.05, 3.63) is 62.9 Å². The predicted molar refractivity (Wildman–Crippen MR) is 100 cm³/mol. The van der Waals surface area contributed by atoms with Gasteiger partial charge < -0.3 is 10.1 Å². The number of aromatic amines is 1. The zero-order chi connectivity index (χ0) is 19.0. The molecule has 3 aromatic rings. The molecule has 8 nitrogen and oxygen atoms in total. The van der Waals surface area contributed by atoms with E-state index in [0.29, 0.717) is 23.7 Å². The Bertz CT molecular complexity index is 1130. The second kappa shape index (κ2) is 6.71. The summed E-state index contributed by atoms with van der Waals surface area (Å²) in [5, 5.41) is 2.98. The van der Waals surface area contributed by atoms with Crippen LogP contribution in [-0.2, 0) is 0 Å². The summed E-state index contributed by atoms with van der Waals surface area (Å²) in [6, 6.07) is 8.51. The fraction of sp³-hybridized carbons (Fsp3) is 0.263. The van der Waals surface area contributed by atoms with Gasteiger partial charge in [-0.25, -0.2) is 9.78 Å². The molecule has 2 heterocycles. The van der Waals surface area contributed by atoms with Crippen molar-refractivity contribution in [2.45, 2.75) is 25.8 Å². The smallest absolute Gasteiger partial charge is 0.330 e. The van der Waals surface area contributed by atoms with Crippen LogP contribution in [0.2, 0.25) is 0 Å². The molecular weight excluding hydrogens is 348 g/mol. The average molecular weight is 366 g/mol. The Balaban J connectivity index is 1.64. The second-order valence-electron chi connectivity index (χ2n) is 6.37. The molecule has 0 spiro atoms. The zero-order valence-corrected chi connectivity index (χ0v) is 14.7. The van der Waals surface area contributed by atoms with Gasteiger partial charge in [-0.15, -0.1) is 0 Å². The average Bonchev–Trinajstić information content (AvgIpc) is 3.48. The molecule has 1 fully saturated rings. The van der Waals surface area contributed by atoms with Gasteiger partial charge in [0.2, 0.25) is 0 Å². The minimum Gasteiger partial charge on any atom is -0.494 e. The lowest BCUT2D eigenvalue weighted by atomic mass is 10.2. The molecule has 27 heavy (non-hydrogen) atoms. The predicted octanol–water partition coefficient (Wildman–Crippen LogP) is 2.07. The third kappa shape index (κ3) is 3.33. The van der Waals surface area contributed by atoms with E-state index < -0.39 is 17.2 Å². The van der Waals surface area contributed by atoms with Crippen molar-refractivity contribution in [1.82, 2.24) is 14.5 Å². The van der Waals surface area contributed by atoms with Gasteiger partial charge in [0.25, 0.3) is 11.5 Å². The molecule has 4 rings (SSSR count). The summed E-state index contributed by atoms with van der Waals surface area (Å²) in [7, 11) is 0. The summed E-state index contributed by atoms with van der Waals surface area (Å²) in [5.74, 6) is 0.324.